The van der Waals surface area contributed by atoms with Crippen molar-refractivity contribution in [2.75, 3.05) is 0 Å². The van der Waals surface area contributed by atoms with Gasteiger partial charge in [-0.1, -0.05) is 54.6 Å². The van der Waals surface area contributed by atoms with Gasteiger partial charge in [0.15, 0.2) is 0 Å². The Bertz CT molecular complexity index is 1660. The molecule has 1 amide bonds. The maximum absolute atomic E-state index is 13.3. The van der Waals surface area contributed by atoms with Crippen molar-refractivity contribution in [1.82, 2.24) is 10.0 Å². The fourth-order valence-corrected chi connectivity index (χ4v) is 5.33. The van der Waals surface area contributed by atoms with E-state index < -0.39 is 44.7 Å². The van der Waals surface area contributed by atoms with Crippen molar-refractivity contribution in [3.05, 3.63) is 118 Å². The summed E-state index contributed by atoms with van der Waals surface area (Å²) in [6.45, 7) is 0. The quantitative estimate of drug-likeness (QED) is 0.185. The lowest BCUT2D eigenvalue weighted by molar-refractivity contribution is -0.384. The highest BCUT2D eigenvalue weighted by molar-refractivity contribution is 7.89. The van der Waals surface area contributed by atoms with Gasteiger partial charge in [-0.15, -0.1) is 0 Å². The summed E-state index contributed by atoms with van der Waals surface area (Å²) in [5, 5.41) is 24.6. The highest BCUT2D eigenvalue weighted by atomic mass is 32.2. The number of carbonyl (C=O) groups excluding carboxylic acids is 1. The number of amides is 1. The van der Waals surface area contributed by atoms with Crippen LogP contribution < -0.4 is 10.0 Å². The van der Waals surface area contributed by atoms with Crippen LogP contribution in [0.4, 0.5) is 10.1 Å². The zero-order valence-electron chi connectivity index (χ0n) is 20.9. The van der Waals surface area contributed by atoms with E-state index in [1.165, 1.54) is 48.5 Å². The zero-order chi connectivity index (χ0) is 28.9. The number of aliphatic carboxylic acids is 1. The molecule has 206 valence electrons. The average molecular weight is 566 g/mol. The summed E-state index contributed by atoms with van der Waals surface area (Å²) in [5.74, 6) is -2.80. The number of sulfonamides is 1. The van der Waals surface area contributed by atoms with E-state index in [4.69, 9.17) is 0 Å². The van der Waals surface area contributed by atoms with Gasteiger partial charge in [0, 0.05) is 18.6 Å². The Morgan fingerprint density at radius 3 is 2.02 bits per heavy atom. The summed E-state index contributed by atoms with van der Waals surface area (Å²) in [6, 6.07) is 19.0. The molecule has 0 saturated carbocycles. The summed E-state index contributed by atoms with van der Waals surface area (Å²) < 4.78 is 42.3. The molecule has 4 aromatic rings. The van der Waals surface area contributed by atoms with Crippen molar-refractivity contribution in [2.24, 2.45) is 0 Å². The van der Waals surface area contributed by atoms with Crippen LogP contribution in [0.25, 0.3) is 10.8 Å². The highest BCUT2D eigenvalue weighted by Gasteiger charge is 2.30. The van der Waals surface area contributed by atoms with E-state index in [2.05, 4.69) is 10.0 Å². The SMILES string of the molecule is O=C(O)[C@H](Cc1ccc(F)cc1)NC(=O)[C@H](Cc1ccc([N+](=O)[O-])cc1)NS(=O)(=O)c1ccc2ccccc2c1. The number of rotatable bonds is 11. The molecule has 0 aliphatic carbocycles. The lowest BCUT2D eigenvalue weighted by Gasteiger charge is -2.22. The maximum Gasteiger partial charge on any atom is 0.326 e. The van der Waals surface area contributed by atoms with Gasteiger partial charge in [0.25, 0.3) is 5.69 Å². The molecule has 0 spiro atoms. The minimum atomic E-state index is -4.27. The van der Waals surface area contributed by atoms with E-state index in [-0.39, 0.29) is 23.4 Å². The van der Waals surface area contributed by atoms with Gasteiger partial charge < -0.3 is 10.4 Å². The van der Waals surface area contributed by atoms with Crippen LogP contribution in [0.5, 0.6) is 0 Å². The van der Waals surface area contributed by atoms with E-state index in [1.54, 1.807) is 18.2 Å². The van der Waals surface area contributed by atoms with Crippen molar-refractivity contribution in [1.29, 1.82) is 0 Å². The number of carbonyl (C=O) groups is 2. The molecule has 0 unspecified atom stereocenters. The maximum atomic E-state index is 13.3. The van der Waals surface area contributed by atoms with Gasteiger partial charge >= 0.3 is 5.97 Å². The summed E-state index contributed by atoms with van der Waals surface area (Å²) in [7, 11) is -4.27. The zero-order valence-corrected chi connectivity index (χ0v) is 21.7. The largest absolute Gasteiger partial charge is 0.480 e. The molecule has 0 fully saturated rings. The van der Waals surface area contributed by atoms with E-state index in [9.17, 15) is 37.6 Å². The number of hydrogen-bond acceptors (Lipinski definition) is 6. The average Bonchev–Trinajstić information content (AvgIpc) is 2.93. The van der Waals surface area contributed by atoms with Crippen LogP contribution in [-0.4, -0.2) is 42.4 Å². The van der Waals surface area contributed by atoms with Gasteiger partial charge in [-0.2, -0.15) is 4.72 Å². The Kier molecular flexibility index (Phi) is 8.51. The second-order valence-electron chi connectivity index (χ2n) is 9.04. The number of fused-ring (bicyclic) bond motifs is 1. The van der Waals surface area contributed by atoms with Gasteiger partial charge in [0.05, 0.1) is 9.82 Å². The van der Waals surface area contributed by atoms with Crippen LogP contribution in [0.2, 0.25) is 0 Å². The normalized spacial score (nSPS) is 12.9. The molecular formula is C28H24FN3O7S. The predicted molar refractivity (Wildman–Crippen MR) is 145 cm³/mol. The molecule has 2 atom stereocenters. The lowest BCUT2D eigenvalue weighted by Crippen LogP contribution is -2.53. The van der Waals surface area contributed by atoms with Crippen molar-refractivity contribution >= 4 is 38.4 Å². The second-order valence-corrected chi connectivity index (χ2v) is 10.8. The van der Waals surface area contributed by atoms with Gasteiger partial charge in [-0.25, -0.2) is 17.6 Å². The molecule has 0 saturated heterocycles. The van der Waals surface area contributed by atoms with Gasteiger partial charge in [0.1, 0.15) is 17.9 Å². The van der Waals surface area contributed by atoms with Gasteiger partial charge in [0.2, 0.25) is 15.9 Å². The number of nitrogens with one attached hydrogen (secondary N) is 2. The molecule has 0 aliphatic rings. The third kappa shape index (κ3) is 7.04. The molecule has 4 rings (SSSR count). The van der Waals surface area contributed by atoms with Crippen molar-refractivity contribution in [2.45, 2.75) is 29.8 Å². The summed E-state index contributed by atoms with van der Waals surface area (Å²) >= 11 is 0. The van der Waals surface area contributed by atoms with E-state index >= 15 is 0 Å². The fraction of sp³-hybridized carbons (Fsp3) is 0.143. The van der Waals surface area contributed by atoms with Gasteiger partial charge in [-0.05, 0) is 52.6 Å². The van der Waals surface area contributed by atoms with Crippen molar-refractivity contribution < 1.29 is 32.4 Å². The number of nitro benzene ring substituents is 1. The van der Waals surface area contributed by atoms with Gasteiger partial charge in [-0.3, -0.25) is 14.9 Å². The third-order valence-electron chi connectivity index (χ3n) is 6.20. The predicted octanol–water partition coefficient (Wildman–Crippen LogP) is 3.59. The van der Waals surface area contributed by atoms with Crippen LogP contribution >= 0.6 is 0 Å². The number of non-ortho nitro benzene ring substituents is 1. The smallest absolute Gasteiger partial charge is 0.326 e. The van der Waals surface area contributed by atoms with E-state index in [1.807, 2.05) is 12.1 Å². The monoisotopic (exact) mass is 565 g/mol. The standard InChI is InChI=1S/C28H24FN3O7S/c29-22-10-5-18(6-11-22)16-26(28(34)35)30-27(33)25(15-19-7-12-23(13-8-19)32(36)37)31-40(38,39)24-14-9-20-3-1-2-4-21(20)17-24/h1-14,17,25-26,31H,15-16H2,(H,30,33)(H,34,35)/t25-,26-/m0/s1. The molecule has 4 aromatic carbocycles. The minimum Gasteiger partial charge on any atom is -0.480 e. The van der Waals surface area contributed by atoms with Crippen molar-refractivity contribution in [3.63, 3.8) is 0 Å². The molecule has 0 heterocycles. The third-order valence-corrected chi connectivity index (χ3v) is 7.67. The van der Waals surface area contributed by atoms with Crippen molar-refractivity contribution in [3.8, 4) is 0 Å². The van der Waals surface area contributed by atoms with Crippen LogP contribution in [0.3, 0.4) is 0 Å². The first-order valence-corrected chi connectivity index (χ1v) is 13.5. The topological polar surface area (TPSA) is 156 Å². The Morgan fingerprint density at radius 2 is 1.43 bits per heavy atom. The number of carboxylic acids is 1. The summed E-state index contributed by atoms with van der Waals surface area (Å²) in [4.78, 5) is 35.6. The molecule has 40 heavy (non-hydrogen) atoms. The fourth-order valence-electron chi connectivity index (χ4n) is 4.10. The first-order valence-electron chi connectivity index (χ1n) is 12.0. The number of carboxylic acid groups (broad SMARTS) is 1. The molecule has 0 aliphatic heterocycles. The molecule has 12 heteroatoms. The van der Waals surface area contributed by atoms with Crippen LogP contribution in [0.15, 0.2) is 95.9 Å². The number of nitrogens with zero attached hydrogens (tertiary/aromatic N) is 1. The molecular weight excluding hydrogens is 541 g/mol. The van der Waals surface area contributed by atoms with E-state index in [0.29, 0.717) is 16.5 Å². The lowest BCUT2D eigenvalue weighted by atomic mass is 10.0. The Morgan fingerprint density at radius 1 is 0.850 bits per heavy atom. The molecule has 10 nitrogen and oxygen atoms in total. The van der Waals surface area contributed by atoms with Crippen LogP contribution in [0.1, 0.15) is 11.1 Å². The molecule has 0 aromatic heterocycles. The number of nitro groups is 1. The number of halogens is 1. The summed E-state index contributed by atoms with van der Waals surface area (Å²) in [6.07, 6.45) is -0.400. The number of hydrogen-bond donors (Lipinski definition) is 3. The molecule has 0 bridgehead atoms. The molecule has 3 N–H and O–H groups in total. The Balaban J connectivity index is 1.61. The van der Waals surface area contributed by atoms with Crippen LogP contribution in [0, 0.1) is 15.9 Å². The second kappa shape index (κ2) is 12.0. The summed E-state index contributed by atoms with van der Waals surface area (Å²) in [5.41, 5.74) is 0.655. The number of benzene rings is 4. The Labute approximate surface area is 228 Å². The first-order chi connectivity index (χ1) is 19.0. The minimum absolute atomic E-state index is 0.103. The Hall–Kier alpha value is -4.68. The van der Waals surface area contributed by atoms with Crippen LogP contribution in [-0.2, 0) is 32.5 Å². The molecule has 0 radical (unpaired) electrons. The highest BCUT2D eigenvalue weighted by Crippen LogP contribution is 2.20. The van der Waals surface area contributed by atoms with E-state index in [0.717, 1.165) is 17.5 Å². The first kappa shape index (κ1) is 28.3.